The molecule has 100 valence electrons. The van der Waals surface area contributed by atoms with Gasteiger partial charge in [-0.2, -0.15) is 0 Å². The predicted molar refractivity (Wildman–Crippen MR) is 75.7 cm³/mol. The Morgan fingerprint density at radius 2 is 2.05 bits per heavy atom. The van der Waals surface area contributed by atoms with E-state index < -0.39 is 5.97 Å². The Balaban J connectivity index is 2.41. The van der Waals surface area contributed by atoms with Crippen LogP contribution in [0.3, 0.4) is 0 Å². The lowest BCUT2D eigenvalue weighted by Gasteiger charge is -2.08. The highest BCUT2D eigenvalue weighted by Gasteiger charge is 2.10. The van der Waals surface area contributed by atoms with Crippen LogP contribution >= 0.6 is 11.3 Å². The Bertz CT molecular complexity index is 670. The third-order valence-electron chi connectivity index (χ3n) is 3.13. The van der Waals surface area contributed by atoms with Crippen LogP contribution in [0.15, 0.2) is 28.4 Å². The second-order valence-corrected chi connectivity index (χ2v) is 5.30. The summed E-state index contributed by atoms with van der Waals surface area (Å²) in [5.41, 5.74) is 4.09. The molecule has 0 fully saturated rings. The maximum absolute atomic E-state index is 11.8. The molecule has 0 bridgehead atoms. The molecule has 0 spiro atoms. The second kappa shape index (κ2) is 5.40. The van der Waals surface area contributed by atoms with Gasteiger partial charge in [0.05, 0.1) is 12.1 Å². The summed E-state index contributed by atoms with van der Waals surface area (Å²) in [5, 5.41) is 10.5. The van der Waals surface area contributed by atoms with Gasteiger partial charge in [0, 0.05) is 11.9 Å². The third kappa shape index (κ3) is 2.93. The van der Waals surface area contributed by atoms with E-state index in [4.69, 9.17) is 5.11 Å². The molecule has 1 heterocycles. The van der Waals surface area contributed by atoms with E-state index in [1.807, 2.05) is 32.0 Å². The van der Waals surface area contributed by atoms with Crippen molar-refractivity contribution in [2.75, 3.05) is 0 Å². The molecule has 1 aromatic heterocycles. The van der Waals surface area contributed by atoms with Gasteiger partial charge < -0.3 is 5.11 Å². The molecule has 1 aromatic carbocycles. The van der Waals surface area contributed by atoms with Gasteiger partial charge in [-0.1, -0.05) is 23.5 Å². The zero-order chi connectivity index (χ0) is 14.0. The molecule has 19 heavy (non-hydrogen) atoms. The number of rotatable bonds is 4. The van der Waals surface area contributed by atoms with E-state index in [0.717, 1.165) is 28.2 Å². The van der Waals surface area contributed by atoms with Crippen molar-refractivity contribution in [2.24, 2.45) is 0 Å². The number of aryl methyl sites for hydroxylation is 2. The van der Waals surface area contributed by atoms with E-state index in [2.05, 4.69) is 0 Å². The minimum Gasteiger partial charge on any atom is -0.481 e. The summed E-state index contributed by atoms with van der Waals surface area (Å²) in [7, 11) is 0. The lowest BCUT2D eigenvalue weighted by atomic mass is 10.0. The first kappa shape index (κ1) is 13.5. The highest BCUT2D eigenvalue weighted by Crippen LogP contribution is 2.23. The first-order valence-electron chi connectivity index (χ1n) is 5.97. The normalized spacial score (nSPS) is 10.6. The summed E-state index contributed by atoms with van der Waals surface area (Å²) >= 11 is 1.10. The Hall–Kier alpha value is -1.88. The number of benzene rings is 1. The fraction of sp³-hybridized carbons (Fsp3) is 0.286. The number of thiazole rings is 1. The van der Waals surface area contributed by atoms with Crippen LogP contribution < -0.4 is 4.87 Å². The van der Waals surface area contributed by atoms with Gasteiger partial charge in [-0.05, 0) is 36.6 Å². The van der Waals surface area contributed by atoms with Crippen LogP contribution in [0, 0.1) is 13.8 Å². The second-order valence-electron chi connectivity index (χ2n) is 4.48. The Morgan fingerprint density at radius 3 is 2.68 bits per heavy atom. The molecule has 0 unspecified atom stereocenters. The monoisotopic (exact) mass is 277 g/mol. The van der Waals surface area contributed by atoms with Gasteiger partial charge >= 0.3 is 10.8 Å². The van der Waals surface area contributed by atoms with Crippen LogP contribution in [0.1, 0.15) is 17.5 Å². The molecule has 0 saturated heterocycles. The average molecular weight is 277 g/mol. The molecule has 2 aromatic rings. The molecular formula is C14H15NO3S. The van der Waals surface area contributed by atoms with Crippen molar-refractivity contribution in [3.05, 3.63) is 44.4 Å². The molecule has 4 nitrogen and oxygen atoms in total. The highest BCUT2D eigenvalue weighted by atomic mass is 32.1. The van der Waals surface area contributed by atoms with Gasteiger partial charge in [-0.3, -0.25) is 14.2 Å². The van der Waals surface area contributed by atoms with E-state index in [9.17, 15) is 9.59 Å². The number of aromatic nitrogens is 1. The van der Waals surface area contributed by atoms with E-state index in [1.165, 1.54) is 10.1 Å². The van der Waals surface area contributed by atoms with Crippen LogP contribution in [0.5, 0.6) is 0 Å². The zero-order valence-corrected chi connectivity index (χ0v) is 11.7. The van der Waals surface area contributed by atoms with Crippen molar-refractivity contribution < 1.29 is 9.90 Å². The Kier molecular flexibility index (Phi) is 3.85. The summed E-state index contributed by atoms with van der Waals surface area (Å²) in [5.74, 6) is -0.899. The number of hydrogen-bond acceptors (Lipinski definition) is 3. The fourth-order valence-corrected chi connectivity index (χ4v) is 2.67. The van der Waals surface area contributed by atoms with E-state index in [0.29, 0.717) is 0 Å². The summed E-state index contributed by atoms with van der Waals surface area (Å²) in [6, 6.07) is 5.99. The van der Waals surface area contributed by atoms with Gasteiger partial charge in [-0.25, -0.2) is 0 Å². The van der Waals surface area contributed by atoms with Gasteiger partial charge in [0.25, 0.3) is 0 Å². The lowest BCUT2D eigenvalue weighted by molar-refractivity contribution is -0.137. The molecule has 5 heteroatoms. The van der Waals surface area contributed by atoms with Crippen LogP contribution in [0.2, 0.25) is 0 Å². The molecule has 0 saturated carbocycles. The lowest BCUT2D eigenvalue weighted by Crippen LogP contribution is -2.16. The third-order valence-corrected chi connectivity index (χ3v) is 3.90. The summed E-state index contributed by atoms with van der Waals surface area (Å²) in [6.45, 7) is 4.26. The topological polar surface area (TPSA) is 59.3 Å². The minimum atomic E-state index is -0.899. The summed E-state index contributed by atoms with van der Waals surface area (Å²) in [4.78, 5) is 22.3. The van der Waals surface area contributed by atoms with Crippen LogP contribution in [-0.4, -0.2) is 15.6 Å². The molecule has 0 aliphatic rings. The molecule has 1 N–H and O–H groups in total. The van der Waals surface area contributed by atoms with Crippen molar-refractivity contribution in [1.82, 2.24) is 4.57 Å². The van der Waals surface area contributed by atoms with Crippen molar-refractivity contribution in [2.45, 2.75) is 26.8 Å². The largest absolute Gasteiger partial charge is 0.481 e. The Labute approximate surface area is 115 Å². The van der Waals surface area contributed by atoms with Gasteiger partial charge in [0.15, 0.2) is 0 Å². The SMILES string of the molecule is Cc1ccc(-c2csc(=O)n2CCC(=O)O)cc1C. The number of carboxylic acid groups (broad SMARTS) is 1. The standard InChI is InChI=1S/C14H15NO3S/c1-9-3-4-11(7-10(9)2)12-8-19-14(18)15(12)6-5-13(16)17/h3-4,7-8H,5-6H2,1-2H3,(H,16,17). The van der Waals surface area contributed by atoms with E-state index >= 15 is 0 Å². The molecule has 0 aliphatic heterocycles. The number of carbonyl (C=O) groups is 1. The predicted octanol–water partition coefficient (Wildman–Crippen LogP) is 2.67. The maximum atomic E-state index is 11.8. The molecule has 2 rings (SSSR count). The molecule has 0 radical (unpaired) electrons. The van der Waals surface area contributed by atoms with Crippen molar-refractivity contribution >= 4 is 17.3 Å². The first-order chi connectivity index (χ1) is 8.99. The maximum Gasteiger partial charge on any atom is 0.307 e. The van der Waals surface area contributed by atoms with Crippen molar-refractivity contribution in [1.29, 1.82) is 0 Å². The average Bonchev–Trinajstić information content (AvgIpc) is 2.71. The number of carboxylic acids is 1. The number of nitrogens with zero attached hydrogens (tertiary/aromatic N) is 1. The number of hydrogen-bond donors (Lipinski definition) is 1. The van der Waals surface area contributed by atoms with Crippen molar-refractivity contribution in [3.63, 3.8) is 0 Å². The highest BCUT2D eigenvalue weighted by molar-refractivity contribution is 7.07. The molecule has 0 amide bonds. The van der Waals surface area contributed by atoms with Gasteiger partial charge in [0.1, 0.15) is 0 Å². The zero-order valence-electron chi connectivity index (χ0n) is 10.8. The molecule has 0 aliphatic carbocycles. The number of aliphatic carboxylic acids is 1. The minimum absolute atomic E-state index is 0.0471. The van der Waals surface area contributed by atoms with E-state index in [-0.39, 0.29) is 17.8 Å². The summed E-state index contributed by atoms with van der Waals surface area (Å²) < 4.78 is 1.53. The van der Waals surface area contributed by atoms with Gasteiger partial charge in [0.2, 0.25) is 0 Å². The van der Waals surface area contributed by atoms with Crippen LogP contribution in [0.25, 0.3) is 11.3 Å². The quantitative estimate of drug-likeness (QED) is 0.934. The van der Waals surface area contributed by atoms with Gasteiger partial charge in [-0.15, -0.1) is 0 Å². The smallest absolute Gasteiger partial charge is 0.307 e. The van der Waals surface area contributed by atoms with Crippen LogP contribution in [0.4, 0.5) is 0 Å². The summed E-state index contributed by atoms with van der Waals surface area (Å²) in [6.07, 6.45) is -0.0471. The molecule has 0 atom stereocenters. The fourth-order valence-electron chi connectivity index (χ4n) is 1.88. The van der Waals surface area contributed by atoms with E-state index in [1.54, 1.807) is 5.38 Å². The first-order valence-corrected chi connectivity index (χ1v) is 6.85. The molecular weight excluding hydrogens is 262 g/mol. The van der Waals surface area contributed by atoms with Crippen LogP contribution in [-0.2, 0) is 11.3 Å². The Morgan fingerprint density at radius 1 is 1.32 bits per heavy atom. The van der Waals surface area contributed by atoms with Crippen molar-refractivity contribution in [3.8, 4) is 11.3 Å².